The quantitative estimate of drug-likeness (QED) is 0.268. The van der Waals surface area contributed by atoms with Crippen molar-refractivity contribution >= 4 is 45.1 Å². The average molecular weight is 466 g/mol. The van der Waals surface area contributed by atoms with Crippen LogP contribution in [0.5, 0.6) is 0 Å². The van der Waals surface area contributed by atoms with E-state index in [-0.39, 0.29) is 0 Å². The highest BCUT2D eigenvalue weighted by molar-refractivity contribution is 8.00. The first-order valence-corrected chi connectivity index (χ1v) is 12.5. The number of hydrogen-bond acceptors (Lipinski definition) is 8. The molecule has 0 saturated heterocycles. The van der Waals surface area contributed by atoms with Crippen molar-refractivity contribution in [3.05, 3.63) is 83.5 Å². The molecule has 5 aromatic rings. The molecule has 9 heteroatoms. The van der Waals surface area contributed by atoms with E-state index in [4.69, 9.17) is 9.51 Å². The van der Waals surface area contributed by atoms with Crippen LogP contribution in [-0.4, -0.2) is 24.9 Å². The van der Waals surface area contributed by atoms with E-state index in [1.54, 1.807) is 34.9 Å². The van der Waals surface area contributed by atoms with Gasteiger partial charge in [-0.3, -0.25) is 0 Å². The second-order valence-electron chi connectivity index (χ2n) is 6.92. The fourth-order valence-corrected chi connectivity index (χ4v) is 5.97. The number of fused-ring (bicyclic) bond motifs is 1. The normalized spacial score (nSPS) is 11.4. The molecule has 0 radical (unpaired) electrons. The summed E-state index contributed by atoms with van der Waals surface area (Å²) in [6, 6.07) is 20.6. The number of benzene rings is 2. The summed E-state index contributed by atoms with van der Waals surface area (Å²) in [6.07, 6.45) is 0. The molecule has 5 rings (SSSR count). The lowest BCUT2D eigenvalue weighted by Crippen LogP contribution is -2.06. The molecule has 0 spiro atoms. The Labute approximate surface area is 192 Å². The van der Waals surface area contributed by atoms with Gasteiger partial charge < -0.3 is 9.09 Å². The van der Waals surface area contributed by atoms with E-state index in [0.717, 1.165) is 38.8 Å². The zero-order valence-electron chi connectivity index (χ0n) is 16.8. The molecule has 31 heavy (non-hydrogen) atoms. The zero-order valence-corrected chi connectivity index (χ0v) is 19.2. The van der Waals surface area contributed by atoms with Gasteiger partial charge in [-0.25, -0.2) is 4.98 Å². The van der Waals surface area contributed by atoms with Crippen LogP contribution < -0.4 is 0 Å². The first-order valence-electron chi connectivity index (χ1n) is 9.74. The summed E-state index contributed by atoms with van der Waals surface area (Å²) in [5.74, 6) is 3.15. The Hall–Kier alpha value is -2.62. The predicted molar refractivity (Wildman–Crippen MR) is 126 cm³/mol. The molecule has 0 atom stereocenters. The van der Waals surface area contributed by atoms with Crippen LogP contribution in [0.2, 0.25) is 0 Å². The highest BCUT2D eigenvalue weighted by Gasteiger charge is 2.15. The van der Waals surface area contributed by atoms with Crippen molar-refractivity contribution < 1.29 is 4.52 Å². The maximum atomic E-state index is 5.18. The SMILES string of the molecule is Cc1cc(CSc2nnc(CSc3nc4ccccc4s3)n2Cc2ccccc2)no1. The van der Waals surface area contributed by atoms with Gasteiger partial charge in [-0.15, -0.1) is 21.5 Å². The summed E-state index contributed by atoms with van der Waals surface area (Å²) in [4.78, 5) is 4.73. The second kappa shape index (κ2) is 9.25. The van der Waals surface area contributed by atoms with Gasteiger partial charge in [0.25, 0.3) is 0 Å². The van der Waals surface area contributed by atoms with Crippen molar-refractivity contribution in [3.8, 4) is 0 Å². The number of rotatable bonds is 8. The Morgan fingerprint density at radius 3 is 2.61 bits per heavy atom. The van der Waals surface area contributed by atoms with Crippen molar-refractivity contribution in [3.63, 3.8) is 0 Å². The maximum Gasteiger partial charge on any atom is 0.191 e. The van der Waals surface area contributed by atoms with Crippen LogP contribution in [-0.2, 0) is 18.1 Å². The summed E-state index contributed by atoms with van der Waals surface area (Å²) in [6.45, 7) is 2.63. The van der Waals surface area contributed by atoms with E-state index in [9.17, 15) is 0 Å². The van der Waals surface area contributed by atoms with Crippen LogP contribution >= 0.6 is 34.9 Å². The average Bonchev–Trinajstić information content (AvgIpc) is 3.50. The van der Waals surface area contributed by atoms with Gasteiger partial charge >= 0.3 is 0 Å². The Balaban J connectivity index is 1.36. The van der Waals surface area contributed by atoms with Gasteiger partial charge in [0.05, 0.1) is 28.2 Å². The van der Waals surface area contributed by atoms with Crippen molar-refractivity contribution in [2.45, 2.75) is 34.5 Å². The Kier molecular flexibility index (Phi) is 6.06. The summed E-state index contributed by atoms with van der Waals surface area (Å²) < 4.78 is 9.62. The highest BCUT2D eigenvalue weighted by Crippen LogP contribution is 2.32. The number of nitrogens with zero attached hydrogens (tertiary/aromatic N) is 5. The topological polar surface area (TPSA) is 69.6 Å². The zero-order chi connectivity index (χ0) is 21.0. The second-order valence-corrected chi connectivity index (χ2v) is 10.1. The van der Waals surface area contributed by atoms with Crippen molar-refractivity contribution in [1.29, 1.82) is 0 Å². The number of hydrogen-bond donors (Lipinski definition) is 0. The third kappa shape index (κ3) is 4.84. The molecule has 3 heterocycles. The number of thioether (sulfide) groups is 2. The highest BCUT2D eigenvalue weighted by atomic mass is 32.2. The number of aryl methyl sites for hydroxylation is 1. The molecule has 0 N–H and O–H groups in total. The Bertz CT molecular complexity index is 1260. The third-order valence-electron chi connectivity index (χ3n) is 4.60. The summed E-state index contributed by atoms with van der Waals surface area (Å²) in [5.41, 5.74) is 3.16. The predicted octanol–water partition coefficient (Wildman–Crippen LogP) is 5.82. The minimum atomic E-state index is 0.690. The minimum absolute atomic E-state index is 0.690. The van der Waals surface area contributed by atoms with Crippen molar-refractivity contribution in [2.24, 2.45) is 0 Å². The standard InChI is InChI=1S/C22H19N5OS3/c1-15-11-17(26-28-15)13-29-21-25-24-20(27(21)12-16-7-3-2-4-8-16)14-30-22-23-18-9-5-6-10-19(18)31-22/h2-11H,12-14H2,1H3. The fourth-order valence-electron chi connectivity index (χ4n) is 3.12. The molecule has 0 aliphatic heterocycles. The number of thiazole rings is 1. The lowest BCUT2D eigenvalue weighted by molar-refractivity contribution is 0.393. The molecule has 0 aliphatic rings. The largest absolute Gasteiger partial charge is 0.361 e. The lowest BCUT2D eigenvalue weighted by atomic mass is 10.2. The molecule has 2 aromatic carbocycles. The molecule has 0 bridgehead atoms. The molecule has 6 nitrogen and oxygen atoms in total. The van der Waals surface area contributed by atoms with Gasteiger partial charge in [0.2, 0.25) is 0 Å². The summed E-state index contributed by atoms with van der Waals surface area (Å²) in [5, 5.41) is 13.9. The van der Waals surface area contributed by atoms with Crippen LogP contribution in [0.15, 0.2) is 74.7 Å². The van der Waals surface area contributed by atoms with Gasteiger partial charge in [0.1, 0.15) is 11.6 Å². The third-order valence-corrected chi connectivity index (χ3v) is 7.78. The van der Waals surface area contributed by atoms with Gasteiger partial charge in [-0.1, -0.05) is 71.1 Å². The van der Waals surface area contributed by atoms with E-state index in [2.05, 4.69) is 50.3 Å². The molecule has 0 aliphatic carbocycles. The van der Waals surface area contributed by atoms with Gasteiger partial charge in [-0.05, 0) is 24.6 Å². The number of aromatic nitrogens is 5. The van der Waals surface area contributed by atoms with Gasteiger partial charge in [0.15, 0.2) is 9.50 Å². The van der Waals surface area contributed by atoms with Crippen LogP contribution in [0, 0.1) is 6.92 Å². The smallest absolute Gasteiger partial charge is 0.191 e. The molecule has 156 valence electrons. The van der Waals surface area contributed by atoms with Crippen molar-refractivity contribution in [2.75, 3.05) is 0 Å². The lowest BCUT2D eigenvalue weighted by Gasteiger charge is -2.09. The molecule has 3 aromatic heterocycles. The summed E-state index contributed by atoms with van der Waals surface area (Å²) in [7, 11) is 0. The van der Waals surface area contributed by atoms with Crippen LogP contribution in [0.4, 0.5) is 0 Å². The van der Waals surface area contributed by atoms with Gasteiger partial charge in [-0.2, -0.15) is 0 Å². The maximum absolute atomic E-state index is 5.18. The van der Waals surface area contributed by atoms with Crippen molar-refractivity contribution in [1.82, 2.24) is 24.9 Å². The fraction of sp³-hybridized carbons (Fsp3) is 0.182. The monoisotopic (exact) mass is 465 g/mol. The Morgan fingerprint density at radius 1 is 0.968 bits per heavy atom. The first kappa shape index (κ1) is 20.3. The van der Waals surface area contributed by atoms with Crippen LogP contribution in [0.3, 0.4) is 0 Å². The molecular weight excluding hydrogens is 446 g/mol. The first-order chi connectivity index (χ1) is 15.2. The summed E-state index contributed by atoms with van der Waals surface area (Å²) >= 11 is 5.04. The molecule has 0 unspecified atom stereocenters. The number of para-hydroxylation sites is 1. The molecule has 0 amide bonds. The molecule has 0 saturated carbocycles. The molecular formula is C22H19N5OS3. The van der Waals surface area contributed by atoms with Gasteiger partial charge in [0, 0.05) is 11.8 Å². The minimum Gasteiger partial charge on any atom is -0.361 e. The van der Waals surface area contributed by atoms with E-state index < -0.39 is 0 Å². The van der Waals surface area contributed by atoms with E-state index >= 15 is 0 Å². The van der Waals surface area contributed by atoms with Crippen LogP contribution in [0.25, 0.3) is 10.2 Å². The molecule has 0 fully saturated rings. The van der Waals surface area contributed by atoms with E-state index in [1.807, 2.05) is 37.3 Å². The Morgan fingerprint density at radius 2 is 1.81 bits per heavy atom. The van der Waals surface area contributed by atoms with E-state index in [1.165, 1.54) is 10.3 Å². The van der Waals surface area contributed by atoms with E-state index in [0.29, 0.717) is 11.5 Å². The van der Waals surface area contributed by atoms with Crippen LogP contribution in [0.1, 0.15) is 22.8 Å².